The Kier molecular flexibility index (Phi) is 4.17. The Hall–Kier alpha value is -2.21. The van der Waals surface area contributed by atoms with Gasteiger partial charge in [-0.2, -0.15) is 0 Å². The second-order valence-corrected chi connectivity index (χ2v) is 6.28. The fraction of sp³-hybridized carbons (Fsp3) is 0.294. The summed E-state index contributed by atoms with van der Waals surface area (Å²) in [5.74, 6) is -0.375. The normalized spacial score (nSPS) is 16.0. The number of aromatic nitrogens is 1. The van der Waals surface area contributed by atoms with Crippen LogP contribution in [-0.2, 0) is 15.2 Å². The average Bonchev–Trinajstić information content (AvgIpc) is 3.13. The molecule has 23 heavy (non-hydrogen) atoms. The van der Waals surface area contributed by atoms with Crippen molar-refractivity contribution in [2.24, 2.45) is 0 Å². The summed E-state index contributed by atoms with van der Waals surface area (Å²) < 4.78 is 11.8. The molecule has 0 saturated heterocycles. The van der Waals surface area contributed by atoms with Crippen molar-refractivity contribution in [3.05, 3.63) is 58.4 Å². The smallest absolute Gasteiger partial charge is 0.340 e. The average molecular weight is 331 g/mol. The molecule has 1 atom stereocenters. The number of nitrogens with zero attached hydrogens (tertiary/aromatic N) is 1. The van der Waals surface area contributed by atoms with Crippen LogP contribution in [0.4, 0.5) is 0 Å². The topological polar surface area (TPSA) is 57.5 Å². The van der Waals surface area contributed by atoms with E-state index in [9.17, 15) is 9.59 Å². The van der Waals surface area contributed by atoms with Gasteiger partial charge in [0.2, 0.25) is 0 Å². The highest BCUT2D eigenvalue weighted by Gasteiger charge is 2.37. The van der Waals surface area contributed by atoms with Crippen molar-refractivity contribution in [2.75, 3.05) is 14.2 Å². The summed E-state index contributed by atoms with van der Waals surface area (Å²) in [5.41, 5.74) is 3.29. The zero-order valence-electron chi connectivity index (χ0n) is 13.2. The zero-order chi connectivity index (χ0) is 16.6. The largest absolute Gasteiger partial charge is 0.465 e. The summed E-state index contributed by atoms with van der Waals surface area (Å²) in [6, 6.07) is 10.0. The van der Waals surface area contributed by atoms with Gasteiger partial charge in [0.05, 0.1) is 25.3 Å². The molecular weight excluding hydrogens is 314 g/mol. The molecule has 2 heterocycles. The van der Waals surface area contributed by atoms with Crippen LogP contribution >= 0.6 is 11.8 Å². The molecule has 120 valence electrons. The van der Waals surface area contributed by atoms with Crippen LogP contribution in [-0.4, -0.2) is 30.7 Å². The van der Waals surface area contributed by atoms with E-state index in [2.05, 4.69) is 0 Å². The number of methoxy groups -OCH3 is 2. The molecule has 0 aliphatic carbocycles. The Morgan fingerprint density at radius 3 is 2.30 bits per heavy atom. The first-order valence-electron chi connectivity index (χ1n) is 7.17. The van der Waals surface area contributed by atoms with Crippen LogP contribution in [0.1, 0.15) is 43.0 Å². The number of esters is 2. The fourth-order valence-electron chi connectivity index (χ4n) is 3.00. The van der Waals surface area contributed by atoms with Crippen molar-refractivity contribution >= 4 is 23.7 Å². The molecule has 5 nitrogen and oxygen atoms in total. The predicted molar refractivity (Wildman–Crippen MR) is 87.7 cm³/mol. The quantitative estimate of drug-likeness (QED) is 0.809. The van der Waals surface area contributed by atoms with Gasteiger partial charge in [0.1, 0.15) is 5.37 Å². The monoisotopic (exact) mass is 331 g/mol. The maximum Gasteiger partial charge on any atom is 0.340 e. The number of ether oxygens (including phenoxy) is 2. The molecular formula is C17H17NO4S. The Labute approximate surface area is 138 Å². The lowest BCUT2D eigenvalue weighted by atomic mass is 10.1. The van der Waals surface area contributed by atoms with Crippen molar-refractivity contribution in [3.63, 3.8) is 0 Å². The molecule has 2 aromatic rings. The number of rotatable bonds is 3. The van der Waals surface area contributed by atoms with Crippen LogP contribution in [0.5, 0.6) is 0 Å². The molecule has 0 radical (unpaired) electrons. The molecule has 0 unspecified atom stereocenters. The van der Waals surface area contributed by atoms with E-state index in [1.54, 1.807) is 11.8 Å². The molecule has 1 aliphatic rings. The minimum Gasteiger partial charge on any atom is -0.465 e. The van der Waals surface area contributed by atoms with E-state index >= 15 is 0 Å². The van der Waals surface area contributed by atoms with Gasteiger partial charge in [-0.25, -0.2) is 9.59 Å². The second kappa shape index (κ2) is 6.12. The number of hydrogen-bond acceptors (Lipinski definition) is 5. The Bertz CT molecular complexity index is 767. The van der Waals surface area contributed by atoms with Gasteiger partial charge in [-0.05, 0) is 12.5 Å². The molecule has 1 aliphatic heterocycles. The van der Waals surface area contributed by atoms with Crippen LogP contribution < -0.4 is 0 Å². The third kappa shape index (κ3) is 2.43. The second-order valence-electron chi connectivity index (χ2n) is 5.21. The molecule has 0 N–H and O–H groups in total. The molecule has 0 spiro atoms. The highest BCUT2D eigenvalue weighted by atomic mass is 32.2. The van der Waals surface area contributed by atoms with Gasteiger partial charge in [0.15, 0.2) is 0 Å². The minimum absolute atomic E-state index is 0.0352. The molecule has 1 aromatic heterocycles. The van der Waals surface area contributed by atoms with Crippen molar-refractivity contribution in [1.82, 2.24) is 4.57 Å². The van der Waals surface area contributed by atoms with Gasteiger partial charge in [0.25, 0.3) is 0 Å². The number of carbonyl (C=O) groups excluding carboxylic acids is 2. The molecule has 1 aromatic carbocycles. The standard InChI is InChI=1S/C17H17NO4S/c1-10-13(16(19)21-2)14(17(20)22-3)12-9-23-15(18(10)12)11-7-5-4-6-8-11/h4-8,15H,9H2,1-3H3/t15-/m1/s1. The van der Waals surface area contributed by atoms with Gasteiger partial charge in [-0.1, -0.05) is 30.3 Å². The number of hydrogen-bond donors (Lipinski definition) is 0. The number of benzene rings is 1. The molecule has 0 amide bonds. The van der Waals surface area contributed by atoms with Crippen LogP contribution in [0.15, 0.2) is 30.3 Å². The van der Waals surface area contributed by atoms with E-state index < -0.39 is 11.9 Å². The fourth-order valence-corrected chi connectivity index (χ4v) is 4.38. The lowest BCUT2D eigenvalue weighted by Crippen LogP contribution is -2.12. The molecule has 0 bridgehead atoms. The van der Waals surface area contributed by atoms with Crippen LogP contribution in [0, 0.1) is 6.92 Å². The molecule has 6 heteroatoms. The number of carbonyl (C=O) groups is 2. The van der Waals surface area contributed by atoms with Crippen molar-refractivity contribution in [2.45, 2.75) is 18.1 Å². The number of thioether (sulfide) groups is 1. The van der Waals surface area contributed by atoms with Gasteiger partial charge < -0.3 is 14.0 Å². The van der Waals surface area contributed by atoms with E-state index in [0.29, 0.717) is 16.9 Å². The zero-order valence-corrected chi connectivity index (χ0v) is 14.0. The summed E-state index contributed by atoms with van der Waals surface area (Å²) in [6.07, 6.45) is 0. The van der Waals surface area contributed by atoms with E-state index in [1.807, 2.05) is 41.8 Å². The lowest BCUT2D eigenvalue weighted by Gasteiger charge is -2.15. The maximum atomic E-state index is 12.2. The predicted octanol–water partition coefficient (Wildman–Crippen LogP) is 3.16. The van der Waals surface area contributed by atoms with Gasteiger partial charge in [0, 0.05) is 17.1 Å². The van der Waals surface area contributed by atoms with E-state index in [4.69, 9.17) is 9.47 Å². The molecule has 3 rings (SSSR count). The summed E-state index contributed by atoms with van der Waals surface area (Å²) in [7, 11) is 2.63. The van der Waals surface area contributed by atoms with Gasteiger partial charge in [-0.15, -0.1) is 11.8 Å². The van der Waals surface area contributed by atoms with Crippen LogP contribution in [0.2, 0.25) is 0 Å². The third-order valence-corrected chi connectivity index (χ3v) is 5.27. The molecule has 0 saturated carbocycles. The third-order valence-electron chi connectivity index (χ3n) is 4.03. The summed E-state index contributed by atoms with van der Waals surface area (Å²) in [5, 5.41) is 0.0352. The first kappa shape index (κ1) is 15.7. The van der Waals surface area contributed by atoms with Gasteiger partial charge in [-0.3, -0.25) is 0 Å². The first-order chi connectivity index (χ1) is 11.1. The van der Waals surface area contributed by atoms with Crippen LogP contribution in [0.25, 0.3) is 0 Å². The van der Waals surface area contributed by atoms with E-state index in [1.165, 1.54) is 14.2 Å². The van der Waals surface area contributed by atoms with E-state index in [-0.39, 0.29) is 5.37 Å². The van der Waals surface area contributed by atoms with Gasteiger partial charge >= 0.3 is 11.9 Å². The van der Waals surface area contributed by atoms with Crippen molar-refractivity contribution in [1.29, 1.82) is 0 Å². The highest BCUT2D eigenvalue weighted by molar-refractivity contribution is 7.99. The first-order valence-corrected chi connectivity index (χ1v) is 8.21. The lowest BCUT2D eigenvalue weighted by molar-refractivity contribution is 0.0555. The van der Waals surface area contributed by atoms with Crippen molar-refractivity contribution in [3.8, 4) is 0 Å². The summed E-state index contributed by atoms with van der Waals surface area (Å²) >= 11 is 1.72. The van der Waals surface area contributed by atoms with E-state index in [0.717, 1.165) is 17.0 Å². The SMILES string of the molecule is COC(=O)c1c(C(=O)OC)c2n(c1C)[C@@H](c1ccccc1)SC2. The summed E-state index contributed by atoms with van der Waals surface area (Å²) in [4.78, 5) is 24.4. The maximum absolute atomic E-state index is 12.2. The Balaban J connectivity index is 2.20. The summed E-state index contributed by atoms with van der Waals surface area (Å²) in [6.45, 7) is 1.84. The van der Waals surface area contributed by atoms with Crippen molar-refractivity contribution < 1.29 is 19.1 Å². The number of fused-ring (bicyclic) bond motifs is 1. The van der Waals surface area contributed by atoms with Crippen LogP contribution in [0.3, 0.4) is 0 Å². The molecule has 0 fully saturated rings. The highest BCUT2D eigenvalue weighted by Crippen LogP contribution is 2.45. The minimum atomic E-state index is -0.512. The Morgan fingerprint density at radius 1 is 1.09 bits per heavy atom. The Morgan fingerprint density at radius 2 is 1.70 bits per heavy atom.